The van der Waals surface area contributed by atoms with Crippen molar-refractivity contribution in [1.29, 1.82) is 0 Å². The molecule has 0 bridgehead atoms. The second-order valence-corrected chi connectivity index (χ2v) is 3.50. The Morgan fingerprint density at radius 3 is 2.71 bits per heavy atom. The van der Waals surface area contributed by atoms with Gasteiger partial charge in [0, 0.05) is 5.69 Å². The van der Waals surface area contributed by atoms with Crippen molar-refractivity contribution in [3.05, 3.63) is 29.1 Å². The molecule has 0 saturated carbocycles. The zero-order valence-electron chi connectivity index (χ0n) is 8.74. The van der Waals surface area contributed by atoms with E-state index in [0.717, 1.165) is 12.1 Å². The highest BCUT2D eigenvalue weighted by Crippen LogP contribution is 2.20. The molecule has 0 saturated heterocycles. The van der Waals surface area contributed by atoms with E-state index in [0.29, 0.717) is 11.3 Å². The monoisotopic (exact) mass is 193 g/mol. The fourth-order valence-corrected chi connectivity index (χ4v) is 1.33. The van der Waals surface area contributed by atoms with Crippen molar-refractivity contribution < 1.29 is 9.90 Å². The maximum atomic E-state index is 10.9. The Kier molecular flexibility index (Phi) is 3.23. The van der Waals surface area contributed by atoms with Crippen LogP contribution in [0.2, 0.25) is 0 Å². The largest absolute Gasteiger partial charge is 0.478 e. The molecule has 0 amide bonds. The highest BCUT2D eigenvalue weighted by Gasteiger charge is 2.15. The molecule has 1 atom stereocenters. The number of hydrogen-bond donors (Lipinski definition) is 1. The maximum absolute atomic E-state index is 10.9. The third-order valence-corrected chi connectivity index (χ3v) is 2.37. The Morgan fingerprint density at radius 1 is 1.57 bits per heavy atom. The standard InChI is InChI=1S/C11H15NO2/c1-4-7(2)10-9(11(13)14)6-5-8(3)12-10/h5-7H,4H2,1-3H3,(H,13,14). The molecule has 0 radical (unpaired) electrons. The third-order valence-electron chi connectivity index (χ3n) is 2.37. The summed E-state index contributed by atoms with van der Waals surface area (Å²) < 4.78 is 0. The molecule has 0 aliphatic heterocycles. The van der Waals surface area contributed by atoms with Crippen molar-refractivity contribution in [2.45, 2.75) is 33.1 Å². The molecule has 3 heteroatoms. The van der Waals surface area contributed by atoms with Crippen LogP contribution in [0.25, 0.3) is 0 Å². The summed E-state index contributed by atoms with van der Waals surface area (Å²) >= 11 is 0. The predicted molar refractivity (Wildman–Crippen MR) is 54.6 cm³/mol. The molecular formula is C11H15NO2. The van der Waals surface area contributed by atoms with Crippen molar-refractivity contribution in [1.82, 2.24) is 4.98 Å². The summed E-state index contributed by atoms with van der Waals surface area (Å²) in [5.41, 5.74) is 1.88. The summed E-state index contributed by atoms with van der Waals surface area (Å²) in [5.74, 6) is -0.700. The van der Waals surface area contributed by atoms with E-state index in [1.807, 2.05) is 20.8 Å². The number of nitrogens with zero attached hydrogens (tertiary/aromatic N) is 1. The highest BCUT2D eigenvalue weighted by molar-refractivity contribution is 5.89. The normalized spacial score (nSPS) is 12.5. The summed E-state index contributed by atoms with van der Waals surface area (Å²) in [7, 11) is 0. The number of pyridine rings is 1. The van der Waals surface area contributed by atoms with Crippen LogP contribution >= 0.6 is 0 Å². The number of aromatic carboxylic acids is 1. The molecule has 1 rings (SSSR count). The zero-order chi connectivity index (χ0) is 10.7. The van der Waals surface area contributed by atoms with Gasteiger partial charge in [0.25, 0.3) is 0 Å². The van der Waals surface area contributed by atoms with Crippen LogP contribution in [0.5, 0.6) is 0 Å². The second-order valence-electron chi connectivity index (χ2n) is 3.50. The van der Waals surface area contributed by atoms with Gasteiger partial charge in [-0.3, -0.25) is 4.98 Å². The van der Waals surface area contributed by atoms with Crippen molar-refractivity contribution >= 4 is 5.97 Å². The van der Waals surface area contributed by atoms with Gasteiger partial charge >= 0.3 is 5.97 Å². The summed E-state index contributed by atoms with van der Waals surface area (Å²) in [4.78, 5) is 15.2. The van der Waals surface area contributed by atoms with Gasteiger partial charge in [0.2, 0.25) is 0 Å². The molecule has 1 aromatic rings. The first-order chi connectivity index (χ1) is 6.56. The first-order valence-electron chi connectivity index (χ1n) is 4.77. The van der Waals surface area contributed by atoms with Crippen LogP contribution in [-0.4, -0.2) is 16.1 Å². The Hall–Kier alpha value is -1.38. The molecule has 14 heavy (non-hydrogen) atoms. The molecule has 1 aromatic heterocycles. The zero-order valence-corrected chi connectivity index (χ0v) is 8.74. The minimum absolute atomic E-state index is 0.195. The van der Waals surface area contributed by atoms with Crippen LogP contribution in [0.15, 0.2) is 12.1 Å². The van der Waals surface area contributed by atoms with E-state index < -0.39 is 5.97 Å². The fraction of sp³-hybridized carbons (Fsp3) is 0.455. The average Bonchev–Trinajstić information content (AvgIpc) is 2.16. The highest BCUT2D eigenvalue weighted by atomic mass is 16.4. The Labute approximate surface area is 83.8 Å². The molecule has 0 aromatic carbocycles. The van der Waals surface area contributed by atoms with E-state index in [1.165, 1.54) is 0 Å². The number of aryl methyl sites for hydroxylation is 1. The summed E-state index contributed by atoms with van der Waals surface area (Å²) in [6.07, 6.45) is 0.900. The van der Waals surface area contributed by atoms with Crippen LogP contribution in [0.3, 0.4) is 0 Å². The molecule has 0 spiro atoms. The van der Waals surface area contributed by atoms with Crippen molar-refractivity contribution in [2.75, 3.05) is 0 Å². The van der Waals surface area contributed by atoms with E-state index in [2.05, 4.69) is 4.98 Å². The van der Waals surface area contributed by atoms with Gasteiger partial charge in [0.05, 0.1) is 11.3 Å². The van der Waals surface area contributed by atoms with Crippen LogP contribution in [0.4, 0.5) is 0 Å². The van der Waals surface area contributed by atoms with Crippen molar-refractivity contribution in [2.24, 2.45) is 0 Å². The lowest BCUT2D eigenvalue weighted by Crippen LogP contribution is -2.08. The van der Waals surface area contributed by atoms with Crippen molar-refractivity contribution in [3.8, 4) is 0 Å². The Morgan fingerprint density at radius 2 is 2.21 bits per heavy atom. The summed E-state index contributed by atoms with van der Waals surface area (Å²) in [5, 5.41) is 8.96. The van der Waals surface area contributed by atoms with Gasteiger partial charge in [-0.1, -0.05) is 13.8 Å². The van der Waals surface area contributed by atoms with Gasteiger partial charge in [-0.05, 0) is 31.4 Å². The Bertz CT molecular complexity index is 347. The summed E-state index contributed by atoms with van der Waals surface area (Å²) in [6, 6.07) is 3.36. The molecule has 1 N–H and O–H groups in total. The van der Waals surface area contributed by atoms with E-state index in [9.17, 15) is 4.79 Å². The number of hydrogen-bond acceptors (Lipinski definition) is 2. The number of carboxylic acid groups (broad SMARTS) is 1. The molecule has 0 aliphatic carbocycles. The van der Waals surface area contributed by atoms with Gasteiger partial charge in [-0.15, -0.1) is 0 Å². The lowest BCUT2D eigenvalue weighted by atomic mass is 9.99. The number of carbonyl (C=O) groups is 1. The first kappa shape index (κ1) is 10.7. The first-order valence-corrected chi connectivity index (χ1v) is 4.77. The van der Waals surface area contributed by atoms with Gasteiger partial charge in [-0.25, -0.2) is 4.79 Å². The molecule has 3 nitrogen and oxygen atoms in total. The SMILES string of the molecule is CCC(C)c1nc(C)ccc1C(=O)O. The predicted octanol–water partition coefficient (Wildman–Crippen LogP) is 2.60. The van der Waals surface area contributed by atoms with E-state index >= 15 is 0 Å². The Balaban J connectivity index is 3.22. The molecule has 0 fully saturated rings. The number of aromatic nitrogens is 1. The molecule has 76 valence electrons. The third kappa shape index (κ3) is 2.10. The topological polar surface area (TPSA) is 50.2 Å². The lowest BCUT2D eigenvalue weighted by Gasteiger charge is -2.11. The van der Waals surface area contributed by atoms with Gasteiger partial charge in [0.15, 0.2) is 0 Å². The van der Waals surface area contributed by atoms with Crippen LogP contribution in [0.1, 0.15) is 47.9 Å². The minimum atomic E-state index is -0.896. The average molecular weight is 193 g/mol. The number of rotatable bonds is 3. The maximum Gasteiger partial charge on any atom is 0.337 e. The number of carboxylic acids is 1. The van der Waals surface area contributed by atoms with E-state index in [4.69, 9.17) is 5.11 Å². The molecular weight excluding hydrogens is 178 g/mol. The molecule has 1 heterocycles. The smallest absolute Gasteiger partial charge is 0.337 e. The summed E-state index contributed by atoms with van der Waals surface area (Å²) in [6.45, 7) is 5.89. The minimum Gasteiger partial charge on any atom is -0.478 e. The van der Waals surface area contributed by atoms with E-state index in [1.54, 1.807) is 12.1 Å². The lowest BCUT2D eigenvalue weighted by molar-refractivity contribution is 0.0694. The van der Waals surface area contributed by atoms with Gasteiger partial charge < -0.3 is 5.11 Å². The van der Waals surface area contributed by atoms with Crippen molar-refractivity contribution in [3.63, 3.8) is 0 Å². The van der Waals surface area contributed by atoms with E-state index in [-0.39, 0.29) is 5.92 Å². The van der Waals surface area contributed by atoms with Crippen LogP contribution in [0, 0.1) is 6.92 Å². The van der Waals surface area contributed by atoms with Gasteiger partial charge in [-0.2, -0.15) is 0 Å². The van der Waals surface area contributed by atoms with Crippen LogP contribution < -0.4 is 0 Å². The van der Waals surface area contributed by atoms with Crippen LogP contribution in [-0.2, 0) is 0 Å². The fourth-order valence-electron chi connectivity index (χ4n) is 1.33. The second kappa shape index (κ2) is 4.22. The molecule has 1 unspecified atom stereocenters. The quantitative estimate of drug-likeness (QED) is 0.802. The van der Waals surface area contributed by atoms with Gasteiger partial charge in [0.1, 0.15) is 0 Å². The molecule has 0 aliphatic rings.